The van der Waals surface area contributed by atoms with E-state index in [1.54, 1.807) is 0 Å². The van der Waals surface area contributed by atoms with Crippen LogP contribution in [0.25, 0.3) is 0 Å². The summed E-state index contributed by atoms with van der Waals surface area (Å²) in [5.41, 5.74) is 5.14. The van der Waals surface area contributed by atoms with Crippen molar-refractivity contribution >= 4 is 11.8 Å². The molecule has 2 aromatic carbocycles. The second-order valence-corrected chi connectivity index (χ2v) is 8.44. The smallest absolute Gasteiger partial charge is 0.193 e. The standard InChI is InChI=1S/C27H34N2O2.Ni/c1-5-18-11-9-13-20(15-18)26-22(7-3)30-24(28-26)17-25-29-27(23(8-4)31-25)21-14-10-12-19(6-2)16-21;/h9-16,22-23,26-27H,5-8,17H2,1-4H3;/t22?,23?,26-,27-;/m1./s1. The number of nitrogens with zero attached hydrogens (tertiary/aromatic N) is 2. The maximum atomic E-state index is 6.25. The molecule has 2 aliphatic rings. The van der Waals surface area contributed by atoms with E-state index in [1.165, 1.54) is 22.3 Å². The summed E-state index contributed by atoms with van der Waals surface area (Å²) in [6.07, 6.45) is 4.57. The predicted molar refractivity (Wildman–Crippen MR) is 127 cm³/mol. The zero-order valence-electron chi connectivity index (χ0n) is 19.5. The van der Waals surface area contributed by atoms with Crippen molar-refractivity contribution in [3.05, 3.63) is 70.8 Å². The molecular weight excluding hydrogens is 443 g/mol. The Bertz CT molecular complexity index is 894. The van der Waals surface area contributed by atoms with Gasteiger partial charge in [0.05, 0.1) is 6.42 Å². The summed E-state index contributed by atoms with van der Waals surface area (Å²) < 4.78 is 12.5. The van der Waals surface area contributed by atoms with Gasteiger partial charge in [0.1, 0.15) is 24.3 Å². The van der Waals surface area contributed by atoms with E-state index < -0.39 is 0 Å². The number of hydrogen-bond acceptors (Lipinski definition) is 4. The van der Waals surface area contributed by atoms with Crippen molar-refractivity contribution in [2.24, 2.45) is 9.98 Å². The molecule has 4 nitrogen and oxygen atoms in total. The molecule has 0 aliphatic carbocycles. The zero-order chi connectivity index (χ0) is 21.8. The number of hydrogen-bond donors (Lipinski definition) is 0. The van der Waals surface area contributed by atoms with Crippen LogP contribution in [0, 0.1) is 0 Å². The van der Waals surface area contributed by atoms with E-state index in [0.29, 0.717) is 6.42 Å². The molecule has 4 rings (SSSR count). The third kappa shape index (κ3) is 5.26. The first-order valence-electron chi connectivity index (χ1n) is 11.8. The van der Waals surface area contributed by atoms with Crippen LogP contribution in [0.1, 0.15) is 81.3 Å². The Kier molecular flexibility index (Phi) is 8.53. The maximum absolute atomic E-state index is 6.25. The number of rotatable bonds is 8. The summed E-state index contributed by atoms with van der Waals surface area (Å²) in [4.78, 5) is 9.92. The van der Waals surface area contributed by atoms with E-state index in [2.05, 4.69) is 76.2 Å². The first-order chi connectivity index (χ1) is 15.1. The van der Waals surface area contributed by atoms with Crippen LogP contribution in [0.5, 0.6) is 0 Å². The molecule has 0 N–H and O–H groups in total. The summed E-state index contributed by atoms with van der Waals surface area (Å²) in [7, 11) is 0. The third-order valence-electron chi connectivity index (χ3n) is 6.35. The molecular formula is C27H34N2NiO2. The molecule has 32 heavy (non-hydrogen) atoms. The summed E-state index contributed by atoms with van der Waals surface area (Å²) in [5, 5.41) is 0. The molecule has 0 saturated carbocycles. The van der Waals surface area contributed by atoms with Crippen LogP contribution >= 0.6 is 0 Å². The number of aliphatic imine (C=N–C) groups is 2. The van der Waals surface area contributed by atoms with Gasteiger partial charge in [-0.15, -0.1) is 0 Å². The van der Waals surface area contributed by atoms with Gasteiger partial charge in [0.15, 0.2) is 11.8 Å². The SMILES string of the molecule is CCc1cccc([C@H]2N=C(CC3=N[C@H](c4cccc(CC)c4)C(CC)O3)OC2CC)c1.[Ni]. The Morgan fingerprint density at radius 1 is 0.688 bits per heavy atom. The molecule has 0 fully saturated rings. The first-order valence-corrected chi connectivity index (χ1v) is 11.8. The van der Waals surface area contributed by atoms with Crippen molar-refractivity contribution in [3.8, 4) is 0 Å². The topological polar surface area (TPSA) is 43.2 Å². The van der Waals surface area contributed by atoms with Crippen LogP contribution < -0.4 is 0 Å². The Labute approximate surface area is 202 Å². The molecule has 2 aromatic rings. The molecule has 0 aromatic heterocycles. The Hall–Kier alpha value is -2.13. The zero-order valence-corrected chi connectivity index (χ0v) is 20.5. The third-order valence-corrected chi connectivity index (χ3v) is 6.35. The molecule has 5 heteroatoms. The van der Waals surface area contributed by atoms with Crippen LogP contribution in [-0.4, -0.2) is 24.0 Å². The van der Waals surface area contributed by atoms with Crippen molar-refractivity contribution in [1.82, 2.24) is 0 Å². The fraction of sp³-hybridized carbons (Fsp3) is 0.481. The quantitative estimate of drug-likeness (QED) is 0.414. The van der Waals surface area contributed by atoms with Crippen LogP contribution in [0.15, 0.2) is 58.5 Å². The molecule has 4 atom stereocenters. The van der Waals surface area contributed by atoms with Gasteiger partial charge in [0.2, 0.25) is 0 Å². The summed E-state index contributed by atoms with van der Waals surface area (Å²) >= 11 is 0. The van der Waals surface area contributed by atoms with E-state index in [1.807, 2.05) is 0 Å². The Balaban J connectivity index is 0.00000289. The van der Waals surface area contributed by atoms with Crippen molar-refractivity contribution in [3.63, 3.8) is 0 Å². The molecule has 0 bridgehead atoms. The average molecular weight is 477 g/mol. The second-order valence-electron chi connectivity index (χ2n) is 8.44. The predicted octanol–water partition coefficient (Wildman–Crippen LogP) is 6.40. The summed E-state index contributed by atoms with van der Waals surface area (Å²) in [5.74, 6) is 1.49. The minimum absolute atomic E-state index is 0. The maximum Gasteiger partial charge on any atom is 0.193 e. The van der Waals surface area contributed by atoms with Crippen LogP contribution in [0.3, 0.4) is 0 Å². The van der Waals surface area contributed by atoms with Gasteiger partial charge in [-0.1, -0.05) is 76.2 Å². The molecule has 2 aliphatic heterocycles. The van der Waals surface area contributed by atoms with Gasteiger partial charge < -0.3 is 9.47 Å². The molecule has 2 unspecified atom stereocenters. The van der Waals surface area contributed by atoms with E-state index in [4.69, 9.17) is 19.5 Å². The molecule has 0 saturated heterocycles. The van der Waals surface area contributed by atoms with Gasteiger partial charge in [-0.2, -0.15) is 0 Å². The van der Waals surface area contributed by atoms with Crippen molar-refractivity contribution in [1.29, 1.82) is 0 Å². The van der Waals surface area contributed by atoms with E-state index in [9.17, 15) is 0 Å². The minimum Gasteiger partial charge on any atom is -0.475 e. The molecule has 2 heterocycles. The number of aryl methyl sites for hydroxylation is 2. The molecule has 0 spiro atoms. The van der Waals surface area contributed by atoms with Crippen molar-refractivity contribution in [2.45, 2.75) is 84.1 Å². The molecule has 0 radical (unpaired) electrons. The Morgan fingerprint density at radius 3 is 1.50 bits per heavy atom. The van der Waals surface area contributed by atoms with E-state index >= 15 is 0 Å². The Morgan fingerprint density at radius 2 is 1.12 bits per heavy atom. The summed E-state index contributed by atoms with van der Waals surface area (Å²) in [6.45, 7) is 8.69. The van der Waals surface area contributed by atoms with Gasteiger partial charge in [-0.3, -0.25) is 0 Å². The van der Waals surface area contributed by atoms with Gasteiger partial charge >= 0.3 is 0 Å². The van der Waals surface area contributed by atoms with Gasteiger partial charge in [-0.25, -0.2) is 9.98 Å². The number of ether oxygens (including phenoxy) is 2. The average Bonchev–Trinajstić information content (AvgIpc) is 3.43. The minimum atomic E-state index is 0. The second kappa shape index (κ2) is 11.1. The van der Waals surface area contributed by atoms with Crippen LogP contribution in [-0.2, 0) is 38.8 Å². The molecule has 0 amide bonds. The van der Waals surface area contributed by atoms with Gasteiger partial charge in [-0.05, 0) is 47.9 Å². The van der Waals surface area contributed by atoms with Crippen molar-refractivity contribution < 1.29 is 26.0 Å². The van der Waals surface area contributed by atoms with E-state index in [0.717, 1.165) is 37.5 Å². The van der Waals surface area contributed by atoms with Crippen LogP contribution in [0.2, 0.25) is 0 Å². The van der Waals surface area contributed by atoms with Gasteiger partial charge in [0, 0.05) is 16.5 Å². The van der Waals surface area contributed by atoms with E-state index in [-0.39, 0.29) is 40.8 Å². The molecule has 174 valence electrons. The van der Waals surface area contributed by atoms with Crippen molar-refractivity contribution in [2.75, 3.05) is 0 Å². The number of benzene rings is 2. The monoisotopic (exact) mass is 476 g/mol. The van der Waals surface area contributed by atoms with Gasteiger partial charge in [0.25, 0.3) is 0 Å². The van der Waals surface area contributed by atoms with Crippen LogP contribution in [0.4, 0.5) is 0 Å². The first kappa shape index (κ1) is 24.5. The fourth-order valence-corrected chi connectivity index (χ4v) is 4.51. The largest absolute Gasteiger partial charge is 0.475 e. The summed E-state index contributed by atoms with van der Waals surface area (Å²) in [6, 6.07) is 17.5. The fourth-order valence-electron chi connectivity index (χ4n) is 4.51. The normalized spacial score (nSPS) is 24.2.